The van der Waals surface area contributed by atoms with E-state index in [2.05, 4.69) is 57.2 Å². The third-order valence-electron chi connectivity index (χ3n) is 9.12. The summed E-state index contributed by atoms with van der Waals surface area (Å²) in [5.41, 5.74) is 0. The minimum absolute atomic E-state index is 0.0795. The lowest BCUT2D eigenvalue weighted by Crippen LogP contribution is -2.30. The van der Waals surface area contributed by atoms with E-state index in [0.29, 0.717) is 19.3 Å². The fraction of sp³-hybridized carbons (Fsp3) is 0.800. The second kappa shape index (κ2) is 40.4. The number of carbonyl (C=O) groups excluding carboxylic acids is 3. The highest BCUT2D eigenvalue weighted by molar-refractivity contribution is 5.71. The van der Waals surface area contributed by atoms with Crippen LogP contribution in [0.2, 0.25) is 0 Å². The minimum Gasteiger partial charge on any atom is -0.462 e. The van der Waals surface area contributed by atoms with Crippen LogP contribution in [0.3, 0.4) is 0 Å². The van der Waals surface area contributed by atoms with Gasteiger partial charge in [-0.25, -0.2) is 0 Å². The van der Waals surface area contributed by atoms with Crippen molar-refractivity contribution in [1.82, 2.24) is 0 Å². The second-order valence-electron chi connectivity index (χ2n) is 14.3. The van der Waals surface area contributed by atoms with Gasteiger partial charge in [-0.3, -0.25) is 14.4 Å². The first-order chi connectivity index (χ1) is 25.0. The summed E-state index contributed by atoms with van der Waals surface area (Å²) in [6.45, 7) is 6.49. The van der Waals surface area contributed by atoms with Gasteiger partial charge in [0.25, 0.3) is 0 Å². The molecule has 0 N–H and O–H groups in total. The van der Waals surface area contributed by atoms with Gasteiger partial charge < -0.3 is 14.2 Å². The van der Waals surface area contributed by atoms with Gasteiger partial charge in [0.2, 0.25) is 0 Å². The number of esters is 3. The summed E-state index contributed by atoms with van der Waals surface area (Å²) in [5, 5.41) is 0. The van der Waals surface area contributed by atoms with Crippen LogP contribution in [0.25, 0.3) is 0 Å². The summed E-state index contributed by atoms with van der Waals surface area (Å²) < 4.78 is 16.6. The van der Waals surface area contributed by atoms with Crippen molar-refractivity contribution in [1.29, 1.82) is 0 Å². The summed E-state index contributed by atoms with van der Waals surface area (Å²) >= 11 is 0. The molecule has 0 fully saturated rings. The van der Waals surface area contributed by atoms with Crippen LogP contribution >= 0.6 is 0 Å². The lowest BCUT2D eigenvalue weighted by atomic mass is 10.1. The van der Waals surface area contributed by atoms with Gasteiger partial charge in [-0.1, -0.05) is 160 Å². The molecule has 0 spiro atoms. The number of unbranched alkanes of at least 4 members (excludes halogenated alkanes) is 21. The van der Waals surface area contributed by atoms with Crippen LogP contribution in [0.1, 0.15) is 213 Å². The van der Waals surface area contributed by atoms with Crippen molar-refractivity contribution < 1.29 is 28.6 Å². The molecule has 1 unspecified atom stereocenters. The molecule has 0 aliphatic heterocycles. The maximum atomic E-state index is 12.6. The summed E-state index contributed by atoms with van der Waals surface area (Å²) in [4.78, 5) is 37.5. The van der Waals surface area contributed by atoms with Gasteiger partial charge in [-0.15, -0.1) is 0 Å². The topological polar surface area (TPSA) is 78.9 Å². The fourth-order valence-corrected chi connectivity index (χ4v) is 5.80. The Morgan fingerprint density at radius 1 is 0.392 bits per heavy atom. The summed E-state index contributed by atoms with van der Waals surface area (Å²) in [6, 6.07) is 0. The molecule has 6 nitrogen and oxygen atoms in total. The Morgan fingerprint density at radius 2 is 0.725 bits per heavy atom. The predicted octanol–water partition coefficient (Wildman–Crippen LogP) is 13.4. The number of rotatable bonds is 38. The molecule has 0 saturated heterocycles. The third kappa shape index (κ3) is 38.7. The van der Waals surface area contributed by atoms with Crippen LogP contribution in [0, 0.1) is 0 Å². The van der Waals surface area contributed by atoms with Gasteiger partial charge in [-0.2, -0.15) is 0 Å². The quantitative estimate of drug-likeness (QED) is 0.0274. The van der Waals surface area contributed by atoms with Crippen LogP contribution in [-0.4, -0.2) is 37.2 Å². The number of hydrogen-bond donors (Lipinski definition) is 0. The SMILES string of the molecule is CCCC/C=C\C/C=C\CCCCCCCC(=O)OCC(COC(=O)CCCCCCCCC)OC(=O)CCCCCCC/C=C\CCCCC. The number of carbonyl (C=O) groups is 3. The van der Waals surface area contributed by atoms with E-state index in [0.717, 1.165) is 89.9 Å². The monoisotopic (exact) mass is 717 g/mol. The number of allylic oxidation sites excluding steroid dienone is 6. The average molecular weight is 717 g/mol. The molecule has 296 valence electrons. The molecule has 0 radical (unpaired) electrons. The molecule has 0 aromatic rings. The van der Waals surface area contributed by atoms with E-state index in [1.54, 1.807) is 0 Å². The number of ether oxygens (including phenoxy) is 3. The first-order valence-electron chi connectivity index (χ1n) is 21.5. The van der Waals surface area contributed by atoms with Gasteiger partial charge >= 0.3 is 17.9 Å². The highest BCUT2D eigenvalue weighted by Crippen LogP contribution is 2.13. The largest absolute Gasteiger partial charge is 0.462 e. The van der Waals surface area contributed by atoms with Crippen molar-refractivity contribution in [3.05, 3.63) is 36.5 Å². The van der Waals surface area contributed by atoms with E-state index < -0.39 is 6.10 Å². The van der Waals surface area contributed by atoms with Crippen LogP contribution in [-0.2, 0) is 28.6 Å². The highest BCUT2D eigenvalue weighted by Gasteiger charge is 2.19. The molecule has 0 aliphatic rings. The molecule has 0 rings (SSSR count). The van der Waals surface area contributed by atoms with Gasteiger partial charge in [0.1, 0.15) is 13.2 Å². The van der Waals surface area contributed by atoms with Gasteiger partial charge in [-0.05, 0) is 70.6 Å². The molecule has 0 bridgehead atoms. The van der Waals surface area contributed by atoms with E-state index >= 15 is 0 Å². The molecular weight excluding hydrogens is 636 g/mol. The zero-order valence-electron chi connectivity index (χ0n) is 33.6. The molecular formula is C45H80O6. The van der Waals surface area contributed by atoms with Gasteiger partial charge in [0.05, 0.1) is 0 Å². The fourth-order valence-electron chi connectivity index (χ4n) is 5.80. The Morgan fingerprint density at radius 3 is 1.20 bits per heavy atom. The molecule has 0 aromatic heterocycles. The smallest absolute Gasteiger partial charge is 0.306 e. The Labute approximate surface area is 315 Å². The van der Waals surface area contributed by atoms with E-state index in [1.807, 2.05) is 0 Å². The Kier molecular flexibility index (Phi) is 38.5. The lowest BCUT2D eigenvalue weighted by Gasteiger charge is -2.18. The van der Waals surface area contributed by atoms with E-state index in [4.69, 9.17) is 14.2 Å². The van der Waals surface area contributed by atoms with Crippen molar-refractivity contribution in [2.45, 2.75) is 219 Å². The first-order valence-corrected chi connectivity index (χ1v) is 21.5. The minimum atomic E-state index is -0.775. The predicted molar refractivity (Wildman–Crippen MR) is 215 cm³/mol. The molecule has 0 amide bonds. The van der Waals surface area contributed by atoms with E-state index in [1.165, 1.54) is 83.5 Å². The molecule has 0 heterocycles. The molecule has 6 heteroatoms. The van der Waals surface area contributed by atoms with Crippen LogP contribution in [0.5, 0.6) is 0 Å². The van der Waals surface area contributed by atoms with Crippen LogP contribution in [0.15, 0.2) is 36.5 Å². The third-order valence-corrected chi connectivity index (χ3v) is 9.12. The van der Waals surface area contributed by atoms with Crippen molar-refractivity contribution in [2.24, 2.45) is 0 Å². The van der Waals surface area contributed by atoms with Gasteiger partial charge in [0, 0.05) is 19.3 Å². The second-order valence-corrected chi connectivity index (χ2v) is 14.3. The molecule has 1 atom stereocenters. The Hall–Kier alpha value is -2.37. The maximum Gasteiger partial charge on any atom is 0.306 e. The zero-order chi connectivity index (χ0) is 37.3. The molecule has 0 saturated carbocycles. The Bertz CT molecular complexity index is 876. The van der Waals surface area contributed by atoms with Crippen LogP contribution < -0.4 is 0 Å². The highest BCUT2D eigenvalue weighted by atomic mass is 16.6. The average Bonchev–Trinajstić information content (AvgIpc) is 3.12. The van der Waals surface area contributed by atoms with Gasteiger partial charge in [0.15, 0.2) is 6.10 Å². The summed E-state index contributed by atoms with van der Waals surface area (Å²) in [7, 11) is 0. The summed E-state index contributed by atoms with van der Waals surface area (Å²) in [6.07, 6.45) is 44.2. The molecule has 0 aliphatic carbocycles. The zero-order valence-corrected chi connectivity index (χ0v) is 33.6. The van der Waals surface area contributed by atoms with E-state index in [9.17, 15) is 14.4 Å². The van der Waals surface area contributed by atoms with Crippen LogP contribution in [0.4, 0.5) is 0 Å². The first kappa shape index (κ1) is 48.6. The Balaban J connectivity index is 4.36. The standard InChI is InChI=1S/C45H80O6/c1-4-7-10-13-16-18-20-22-23-25-26-29-32-35-38-44(47)50-41-42(40-49-43(46)37-34-31-28-15-12-9-6-3)51-45(48)39-36-33-30-27-24-21-19-17-14-11-8-5-2/h13,16-17,19-20,22,42H,4-12,14-15,18,21,23-41H2,1-3H3/b16-13-,19-17-,22-20-. The van der Waals surface area contributed by atoms with Crippen molar-refractivity contribution in [2.75, 3.05) is 13.2 Å². The number of hydrogen-bond acceptors (Lipinski definition) is 6. The van der Waals surface area contributed by atoms with Crippen molar-refractivity contribution in [3.8, 4) is 0 Å². The molecule has 0 aromatic carbocycles. The lowest BCUT2D eigenvalue weighted by molar-refractivity contribution is -0.167. The normalized spacial score (nSPS) is 12.3. The summed E-state index contributed by atoms with van der Waals surface area (Å²) in [5.74, 6) is -0.912. The maximum absolute atomic E-state index is 12.6. The molecule has 51 heavy (non-hydrogen) atoms. The van der Waals surface area contributed by atoms with E-state index in [-0.39, 0.29) is 31.1 Å². The van der Waals surface area contributed by atoms with Crippen molar-refractivity contribution in [3.63, 3.8) is 0 Å². The van der Waals surface area contributed by atoms with Crippen molar-refractivity contribution >= 4 is 17.9 Å².